The Morgan fingerprint density at radius 1 is 1.28 bits per heavy atom. The average molecular weight is 414 g/mol. The fourth-order valence-corrected chi connectivity index (χ4v) is 4.09. The number of benzene rings is 1. The van der Waals surface area contributed by atoms with E-state index in [0.717, 1.165) is 27.2 Å². The van der Waals surface area contributed by atoms with Crippen LogP contribution in [0.4, 0.5) is 5.13 Å². The van der Waals surface area contributed by atoms with Crippen LogP contribution >= 0.6 is 11.3 Å². The molecule has 0 aliphatic carbocycles. The zero-order valence-electron chi connectivity index (χ0n) is 16.9. The molecule has 0 bridgehead atoms. The molecular formula is C20H23N5O3S. The van der Waals surface area contributed by atoms with Gasteiger partial charge < -0.3 is 14.8 Å². The Kier molecular flexibility index (Phi) is 6.34. The highest BCUT2D eigenvalue weighted by Gasteiger charge is 2.15. The van der Waals surface area contributed by atoms with Crippen LogP contribution < -0.4 is 14.8 Å². The van der Waals surface area contributed by atoms with E-state index >= 15 is 0 Å². The Bertz CT molecular complexity index is 1040. The first-order chi connectivity index (χ1) is 14.0. The summed E-state index contributed by atoms with van der Waals surface area (Å²) in [6, 6.07) is 5.77. The summed E-state index contributed by atoms with van der Waals surface area (Å²) in [4.78, 5) is 16.9. The molecule has 3 aromatic rings. The number of ether oxygens (including phenoxy) is 2. The lowest BCUT2D eigenvalue weighted by atomic mass is 10.1. The molecule has 8 nitrogen and oxygen atoms in total. The highest BCUT2D eigenvalue weighted by Crippen LogP contribution is 2.36. The molecule has 9 heteroatoms. The van der Waals surface area contributed by atoms with Crippen LogP contribution in [0, 0.1) is 25.2 Å². The summed E-state index contributed by atoms with van der Waals surface area (Å²) in [6.45, 7) is 4.46. The van der Waals surface area contributed by atoms with Crippen molar-refractivity contribution in [2.45, 2.75) is 39.7 Å². The van der Waals surface area contributed by atoms with Crippen molar-refractivity contribution in [2.24, 2.45) is 0 Å². The molecule has 1 aromatic carbocycles. The van der Waals surface area contributed by atoms with E-state index in [-0.39, 0.29) is 5.91 Å². The maximum absolute atomic E-state index is 12.4. The summed E-state index contributed by atoms with van der Waals surface area (Å²) in [5.74, 6) is 1.12. The number of hydrogen-bond donors (Lipinski definition) is 1. The van der Waals surface area contributed by atoms with E-state index in [1.54, 1.807) is 20.3 Å². The molecule has 0 unspecified atom stereocenters. The fourth-order valence-electron chi connectivity index (χ4n) is 3.20. The number of nitrogens with one attached hydrogen (secondary N) is 1. The summed E-state index contributed by atoms with van der Waals surface area (Å²) < 4.78 is 13.3. The molecule has 29 heavy (non-hydrogen) atoms. The fraction of sp³-hybridized carbons (Fsp3) is 0.400. The monoisotopic (exact) mass is 413 g/mol. The van der Waals surface area contributed by atoms with Gasteiger partial charge in [-0.15, -0.1) is 0 Å². The van der Waals surface area contributed by atoms with Crippen LogP contribution in [0.15, 0.2) is 12.1 Å². The normalized spacial score (nSPS) is 10.7. The van der Waals surface area contributed by atoms with Gasteiger partial charge in [0.15, 0.2) is 16.6 Å². The van der Waals surface area contributed by atoms with E-state index in [2.05, 4.69) is 21.5 Å². The van der Waals surface area contributed by atoms with Crippen molar-refractivity contribution in [3.05, 3.63) is 29.1 Å². The van der Waals surface area contributed by atoms with Crippen LogP contribution in [-0.2, 0) is 17.8 Å². The van der Waals surface area contributed by atoms with Crippen molar-refractivity contribution in [2.75, 3.05) is 19.5 Å². The summed E-state index contributed by atoms with van der Waals surface area (Å²) in [5.41, 5.74) is 3.70. The second-order valence-electron chi connectivity index (χ2n) is 6.52. The Balaban J connectivity index is 1.67. The molecule has 1 amide bonds. The van der Waals surface area contributed by atoms with Crippen LogP contribution in [0.5, 0.6) is 11.5 Å². The van der Waals surface area contributed by atoms with Gasteiger partial charge in [-0.1, -0.05) is 11.3 Å². The molecule has 0 radical (unpaired) electrons. The van der Waals surface area contributed by atoms with Gasteiger partial charge in [-0.2, -0.15) is 10.4 Å². The lowest BCUT2D eigenvalue weighted by Gasteiger charge is -2.05. The maximum atomic E-state index is 12.4. The van der Waals surface area contributed by atoms with Crippen molar-refractivity contribution in [1.82, 2.24) is 14.8 Å². The number of amides is 1. The molecule has 0 atom stereocenters. The molecule has 0 saturated carbocycles. The number of hydrogen-bond acceptors (Lipinski definition) is 7. The number of nitriles is 1. The largest absolute Gasteiger partial charge is 0.493 e. The van der Waals surface area contributed by atoms with Gasteiger partial charge in [-0.3, -0.25) is 9.48 Å². The number of thiazole rings is 1. The molecule has 2 aromatic heterocycles. The van der Waals surface area contributed by atoms with E-state index in [1.807, 2.05) is 24.6 Å². The number of aryl methyl sites for hydroxylation is 2. The highest BCUT2D eigenvalue weighted by molar-refractivity contribution is 7.22. The number of aromatic nitrogens is 3. The van der Waals surface area contributed by atoms with E-state index in [1.165, 1.54) is 11.3 Å². The number of methoxy groups -OCH3 is 2. The lowest BCUT2D eigenvalue weighted by Crippen LogP contribution is -2.12. The lowest BCUT2D eigenvalue weighted by molar-refractivity contribution is -0.116. The van der Waals surface area contributed by atoms with Gasteiger partial charge in [0, 0.05) is 24.2 Å². The Hall–Kier alpha value is -3.12. The summed E-state index contributed by atoms with van der Waals surface area (Å²) in [7, 11) is 3.16. The molecule has 0 spiro atoms. The number of anilines is 1. The minimum atomic E-state index is -0.105. The number of carbonyl (C=O) groups excluding carboxylic acids is 1. The average Bonchev–Trinajstić information content (AvgIpc) is 3.22. The second kappa shape index (κ2) is 8.92. The van der Waals surface area contributed by atoms with E-state index in [9.17, 15) is 4.79 Å². The smallest absolute Gasteiger partial charge is 0.226 e. The summed E-state index contributed by atoms with van der Waals surface area (Å²) in [6.07, 6.45) is 1.33. The molecule has 0 aliphatic rings. The number of carbonyl (C=O) groups is 1. The standard InChI is InChI=1S/C20H23N5O3S/c1-12-14(13(2)25(24-12)9-5-8-21)6-7-19(26)23-20-22-15-10-16(27-3)17(28-4)11-18(15)29-20/h10-11H,5-7,9H2,1-4H3,(H,22,23,26). The predicted molar refractivity (Wildman–Crippen MR) is 112 cm³/mol. The van der Waals surface area contributed by atoms with Crippen molar-refractivity contribution in [1.29, 1.82) is 5.26 Å². The number of nitrogens with zero attached hydrogens (tertiary/aromatic N) is 4. The first-order valence-corrected chi connectivity index (χ1v) is 10.0. The minimum Gasteiger partial charge on any atom is -0.493 e. The van der Waals surface area contributed by atoms with Crippen molar-refractivity contribution >= 4 is 32.6 Å². The molecule has 0 fully saturated rings. The van der Waals surface area contributed by atoms with Crippen LogP contribution in [0.25, 0.3) is 10.2 Å². The van der Waals surface area contributed by atoms with E-state index < -0.39 is 0 Å². The Labute approximate surface area is 173 Å². The van der Waals surface area contributed by atoms with Gasteiger partial charge >= 0.3 is 0 Å². The molecule has 0 aliphatic heterocycles. The molecule has 0 saturated heterocycles. The zero-order valence-corrected chi connectivity index (χ0v) is 17.7. The summed E-state index contributed by atoms with van der Waals surface area (Å²) >= 11 is 1.39. The van der Waals surface area contributed by atoms with E-state index in [0.29, 0.717) is 42.4 Å². The zero-order chi connectivity index (χ0) is 21.0. The summed E-state index contributed by atoms with van der Waals surface area (Å²) in [5, 5.41) is 16.6. The third kappa shape index (κ3) is 4.49. The molecule has 3 rings (SSSR count). The topological polar surface area (TPSA) is 102 Å². The van der Waals surface area contributed by atoms with Crippen molar-refractivity contribution in [3.63, 3.8) is 0 Å². The van der Waals surface area contributed by atoms with Gasteiger partial charge in [0.1, 0.15) is 0 Å². The quantitative estimate of drug-likeness (QED) is 0.605. The highest BCUT2D eigenvalue weighted by atomic mass is 32.1. The third-order valence-corrected chi connectivity index (χ3v) is 5.64. The van der Waals surface area contributed by atoms with Crippen molar-refractivity contribution < 1.29 is 14.3 Å². The van der Waals surface area contributed by atoms with Gasteiger partial charge in [-0.05, 0) is 25.8 Å². The minimum absolute atomic E-state index is 0.105. The van der Waals surface area contributed by atoms with Gasteiger partial charge in [0.2, 0.25) is 5.91 Å². The predicted octanol–water partition coefficient (Wildman–Crippen LogP) is 3.61. The Morgan fingerprint density at radius 2 is 2.00 bits per heavy atom. The molecule has 1 N–H and O–H groups in total. The first kappa shape index (κ1) is 20.6. The molecule has 152 valence electrons. The van der Waals surface area contributed by atoms with Crippen molar-refractivity contribution in [3.8, 4) is 17.6 Å². The Morgan fingerprint density at radius 3 is 2.69 bits per heavy atom. The molecular weight excluding hydrogens is 390 g/mol. The van der Waals surface area contributed by atoms with Crippen LogP contribution in [0.1, 0.15) is 29.8 Å². The second-order valence-corrected chi connectivity index (χ2v) is 7.55. The van der Waals surface area contributed by atoms with Crippen LogP contribution in [0.2, 0.25) is 0 Å². The van der Waals surface area contributed by atoms with Gasteiger partial charge in [0.05, 0.1) is 49.2 Å². The maximum Gasteiger partial charge on any atom is 0.226 e. The van der Waals surface area contributed by atoms with Gasteiger partial charge in [0.25, 0.3) is 0 Å². The van der Waals surface area contributed by atoms with Crippen LogP contribution in [0.3, 0.4) is 0 Å². The molecule has 2 heterocycles. The van der Waals surface area contributed by atoms with Crippen LogP contribution in [-0.4, -0.2) is 34.9 Å². The SMILES string of the molecule is COc1cc2nc(NC(=O)CCc3c(C)nn(CCC#N)c3C)sc2cc1OC. The first-order valence-electron chi connectivity index (χ1n) is 9.19. The number of rotatable bonds is 8. The number of fused-ring (bicyclic) bond motifs is 1. The van der Waals surface area contributed by atoms with Gasteiger partial charge in [-0.25, -0.2) is 4.98 Å². The van der Waals surface area contributed by atoms with E-state index in [4.69, 9.17) is 14.7 Å². The third-order valence-electron chi connectivity index (χ3n) is 4.71.